The zero-order valence-electron chi connectivity index (χ0n) is 21.9. The number of alkyl halides is 3. The van der Waals surface area contributed by atoms with E-state index in [2.05, 4.69) is 19.6 Å². The molecule has 1 N–H and O–H groups in total. The van der Waals surface area contributed by atoms with Crippen LogP contribution in [-0.4, -0.2) is 61.6 Å². The molecule has 0 radical (unpaired) electrons. The first kappa shape index (κ1) is 28.3. The molecule has 2 aliphatic rings. The molecule has 8 nitrogen and oxygen atoms in total. The number of sulfonamides is 1. The topological polar surface area (TPSA) is 87.7 Å². The number of nitrogens with one attached hydrogen (secondary N) is 1. The van der Waals surface area contributed by atoms with Gasteiger partial charge in [0.1, 0.15) is 11.0 Å². The zero-order valence-corrected chi connectivity index (χ0v) is 22.7. The highest BCUT2D eigenvalue weighted by atomic mass is 32.2. The highest BCUT2D eigenvalue weighted by molar-refractivity contribution is 7.89. The zero-order chi connectivity index (χ0) is 28.2. The molecule has 12 heteroatoms. The molecule has 2 aliphatic heterocycles. The summed E-state index contributed by atoms with van der Waals surface area (Å²) in [6.07, 6.45) is 3.19. The van der Waals surface area contributed by atoms with E-state index in [1.165, 1.54) is 30.0 Å². The van der Waals surface area contributed by atoms with Crippen molar-refractivity contribution in [3.63, 3.8) is 0 Å². The minimum Gasteiger partial charge on any atom is -0.474 e. The summed E-state index contributed by atoms with van der Waals surface area (Å²) in [4.78, 5) is 12.7. The van der Waals surface area contributed by atoms with E-state index in [1.807, 2.05) is 17.0 Å². The van der Waals surface area contributed by atoms with Gasteiger partial charge >= 0.3 is 6.18 Å². The van der Waals surface area contributed by atoms with Crippen molar-refractivity contribution in [3.8, 4) is 5.88 Å². The molecule has 2 saturated heterocycles. The molecular formula is C28H32F3N5O3S. The van der Waals surface area contributed by atoms with Crippen LogP contribution >= 0.6 is 0 Å². The van der Waals surface area contributed by atoms with Gasteiger partial charge in [-0.2, -0.15) is 13.2 Å². The molecule has 0 spiro atoms. The predicted molar refractivity (Wildman–Crippen MR) is 144 cm³/mol. The number of ether oxygens (including phenoxy) is 1. The average molecular weight is 576 g/mol. The van der Waals surface area contributed by atoms with Gasteiger partial charge in [0, 0.05) is 75.8 Å². The quantitative estimate of drug-likeness (QED) is 0.424. The van der Waals surface area contributed by atoms with E-state index in [0.717, 1.165) is 50.3 Å². The molecule has 0 atom stereocenters. The molecule has 0 amide bonds. The number of pyridine rings is 2. The van der Waals surface area contributed by atoms with Crippen molar-refractivity contribution in [2.24, 2.45) is 0 Å². The molecule has 0 bridgehead atoms. The standard InChI is InChI=1S/C28H32F3N5O3S/c29-28(30,31)22-1-3-24(4-2-22)36-17-11-25(12-18-36)39-27-6-5-26(19-33-27)40(37,38)34-23-9-15-35(16-10-23)20-21-7-13-32-14-8-21/h1-8,13-14,19,23,25,34H,9-12,15-18,20H2. The van der Waals surface area contributed by atoms with E-state index < -0.39 is 21.8 Å². The Hall–Kier alpha value is -3.22. The summed E-state index contributed by atoms with van der Waals surface area (Å²) in [5, 5.41) is 0. The number of hydrogen-bond acceptors (Lipinski definition) is 7. The van der Waals surface area contributed by atoms with Gasteiger partial charge in [-0.15, -0.1) is 0 Å². The Labute approximate surface area is 232 Å². The van der Waals surface area contributed by atoms with Crippen molar-refractivity contribution < 1.29 is 26.3 Å². The van der Waals surface area contributed by atoms with Gasteiger partial charge < -0.3 is 9.64 Å². The summed E-state index contributed by atoms with van der Waals surface area (Å²) in [5.41, 5.74) is 1.27. The Morgan fingerprint density at radius 2 is 1.57 bits per heavy atom. The summed E-state index contributed by atoms with van der Waals surface area (Å²) >= 11 is 0. The van der Waals surface area contributed by atoms with E-state index in [-0.39, 0.29) is 17.0 Å². The SMILES string of the molecule is O=S(=O)(NC1CCN(Cc2ccncc2)CC1)c1ccc(OC2CCN(c3ccc(C(F)(F)F)cc3)CC2)nc1. The van der Waals surface area contributed by atoms with Crippen LogP contribution in [0.5, 0.6) is 5.88 Å². The number of hydrogen-bond donors (Lipinski definition) is 1. The third-order valence-electron chi connectivity index (χ3n) is 7.37. The van der Waals surface area contributed by atoms with E-state index in [9.17, 15) is 21.6 Å². The molecule has 0 unspecified atom stereocenters. The summed E-state index contributed by atoms with van der Waals surface area (Å²) < 4.78 is 73.1. The largest absolute Gasteiger partial charge is 0.474 e. The number of benzene rings is 1. The average Bonchev–Trinajstić information content (AvgIpc) is 2.95. The maximum Gasteiger partial charge on any atom is 0.416 e. The Morgan fingerprint density at radius 3 is 2.17 bits per heavy atom. The predicted octanol–water partition coefficient (Wildman–Crippen LogP) is 4.49. The van der Waals surface area contributed by atoms with Gasteiger partial charge in [-0.05, 0) is 60.9 Å². The maximum atomic E-state index is 12.9. The third-order valence-corrected chi connectivity index (χ3v) is 8.88. The Kier molecular flexibility index (Phi) is 8.57. The van der Waals surface area contributed by atoms with Gasteiger partial charge in [-0.3, -0.25) is 9.88 Å². The highest BCUT2D eigenvalue weighted by Gasteiger charge is 2.30. The number of piperidine rings is 2. The number of aromatic nitrogens is 2. The van der Waals surface area contributed by atoms with Crippen LogP contribution in [0, 0.1) is 0 Å². The van der Waals surface area contributed by atoms with E-state index in [0.29, 0.717) is 31.8 Å². The maximum absolute atomic E-state index is 12.9. The molecule has 2 fully saturated rings. The fourth-order valence-corrected chi connectivity index (χ4v) is 6.35. The van der Waals surface area contributed by atoms with Crippen LogP contribution in [0.15, 0.2) is 72.0 Å². The normalized spacial score (nSPS) is 18.1. The monoisotopic (exact) mass is 575 g/mol. The van der Waals surface area contributed by atoms with Crippen molar-refractivity contribution in [1.29, 1.82) is 0 Å². The summed E-state index contributed by atoms with van der Waals surface area (Å²) in [6, 6.07) is 12.1. The van der Waals surface area contributed by atoms with Crippen LogP contribution in [0.4, 0.5) is 18.9 Å². The van der Waals surface area contributed by atoms with E-state index in [4.69, 9.17) is 4.74 Å². The first-order valence-electron chi connectivity index (χ1n) is 13.3. The number of halogens is 3. The van der Waals surface area contributed by atoms with Crippen LogP contribution in [0.25, 0.3) is 0 Å². The van der Waals surface area contributed by atoms with Gasteiger partial charge in [-0.25, -0.2) is 18.1 Å². The van der Waals surface area contributed by atoms with Crippen LogP contribution in [0.1, 0.15) is 36.8 Å². The molecule has 0 aliphatic carbocycles. The summed E-state index contributed by atoms with van der Waals surface area (Å²) in [7, 11) is -3.71. The smallest absolute Gasteiger partial charge is 0.416 e. The minimum absolute atomic E-state index is 0.0937. The fourth-order valence-electron chi connectivity index (χ4n) is 5.10. The van der Waals surface area contributed by atoms with Crippen molar-refractivity contribution in [3.05, 3.63) is 78.2 Å². The van der Waals surface area contributed by atoms with Crippen molar-refractivity contribution in [1.82, 2.24) is 19.6 Å². The summed E-state index contributed by atoms with van der Waals surface area (Å²) in [5.74, 6) is 0.344. The first-order valence-corrected chi connectivity index (χ1v) is 14.8. The first-order chi connectivity index (χ1) is 19.2. The molecule has 214 valence electrons. The van der Waals surface area contributed by atoms with Gasteiger partial charge in [0.2, 0.25) is 15.9 Å². The molecule has 40 heavy (non-hydrogen) atoms. The van der Waals surface area contributed by atoms with Gasteiger partial charge in [0.15, 0.2) is 0 Å². The minimum atomic E-state index is -4.35. The lowest BCUT2D eigenvalue weighted by Crippen LogP contribution is -2.44. The van der Waals surface area contributed by atoms with E-state index >= 15 is 0 Å². The number of anilines is 1. The molecule has 3 aromatic rings. The van der Waals surface area contributed by atoms with Crippen LogP contribution < -0.4 is 14.4 Å². The van der Waals surface area contributed by atoms with E-state index in [1.54, 1.807) is 18.5 Å². The highest BCUT2D eigenvalue weighted by Crippen LogP contribution is 2.31. The lowest BCUT2D eigenvalue weighted by atomic mass is 10.1. The van der Waals surface area contributed by atoms with Crippen LogP contribution in [0.2, 0.25) is 0 Å². The second kappa shape index (κ2) is 12.1. The molecule has 2 aromatic heterocycles. The number of rotatable bonds is 8. The van der Waals surface area contributed by atoms with Gasteiger partial charge in [0.05, 0.1) is 11.8 Å². The second-order valence-corrected chi connectivity index (χ2v) is 11.9. The van der Waals surface area contributed by atoms with Crippen LogP contribution in [0.3, 0.4) is 0 Å². The molecular weight excluding hydrogens is 543 g/mol. The lowest BCUT2D eigenvalue weighted by molar-refractivity contribution is -0.137. The molecule has 4 heterocycles. The van der Waals surface area contributed by atoms with Crippen LogP contribution in [-0.2, 0) is 22.7 Å². The molecule has 1 aromatic carbocycles. The van der Waals surface area contributed by atoms with Crippen molar-refractivity contribution in [2.45, 2.75) is 55.4 Å². The fraction of sp³-hybridized carbons (Fsp3) is 0.429. The third kappa shape index (κ3) is 7.29. The van der Waals surface area contributed by atoms with Gasteiger partial charge in [-0.1, -0.05) is 0 Å². The number of nitrogens with zero attached hydrogens (tertiary/aromatic N) is 4. The Balaban J connectivity index is 1.08. The Morgan fingerprint density at radius 1 is 0.900 bits per heavy atom. The van der Waals surface area contributed by atoms with Crippen molar-refractivity contribution in [2.75, 3.05) is 31.1 Å². The van der Waals surface area contributed by atoms with Crippen molar-refractivity contribution >= 4 is 15.7 Å². The Bertz CT molecular complexity index is 1340. The summed E-state index contributed by atoms with van der Waals surface area (Å²) in [6.45, 7) is 3.69. The molecule has 5 rings (SSSR count). The lowest BCUT2D eigenvalue weighted by Gasteiger charge is -2.33. The van der Waals surface area contributed by atoms with Gasteiger partial charge in [0.25, 0.3) is 0 Å². The molecule has 0 saturated carbocycles. The number of likely N-dealkylation sites (tertiary alicyclic amines) is 1. The second-order valence-electron chi connectivity index (χ2n) is 10.2.